The largest absolute Gasteiger partial charge is 0.408 e. The van der Waals surface area contributed by atoms with Crippen molar-refractivity contribution in [2.45, 2.75) is 97.3 Å². The predicted molar refractivity (Wildman–Crippen MR) is 133 cm³/mol. The summed E-state index contributed by atoms with van der Waals surface area (Å²) in [6.07, 6.45) is 17.2. The van der Waals surface area contributed by atoms with Crippen molar-refractivity contribution in [3.63, 3.8) is 0 Å². The van der Waals surface area contributed by atoms with E-state index in [1.165, 1.54) is 88.8 Å². The summed E-state index contributed by atoms with van der Waals surface area (Å²) in [5.41, 5.74) is 1.08. The van der Waals surface area contributed by atoms with Gasteiger partial charge in [-0.3, -0.25) is 0 Å². The topological polar surface area (TPSA) is 43.1 Å². The number of nitrogens with zero attached hydrogens (tertiary/aromatic N) is 1. The lowest BCUT2D eigenvalue weighted by Gasteiger charge is -2.60. The van der Waals surface area contributed by atoms with Crippen LogP contribution >= 0.6 is 0 Å². The molecular weight excluding hydrogens is 425 g/mol. The summed E-state index contributed by atoms with van der Waals surface area (Å²) in [7, 11) is 0. The van der Waals surface area contributed by atoms with Crippen LogP contribution in [0, 0.1) is 46.2 Å². The van der Waals surface area contributed by atoms with E-state index in [0.717, 1.165) is 36.0 Å². The highest BCUT2D eigenvalue weighted by Crippen LogP contribution is 2.67. The molecule has 0 N–H and O–H groups in total. The molecule has 0 bridgehead atoms. The van der Waals surface area contributed by atoms with E-state index < -0.39 is 5.63 Å². The SMILES string of the molecule is CC12CCCCC1CCC1C2CCC2(C)C1CC[C@@H]2CCCc1nc2cc(F)ccc2c(=O)o1. The Kier molecular flexibility index (Phi) is 5.65. The second-order valence-corrected chi connectivity index (χ2v) is 12.7. The summed E-state index contributed by atoms with van der Waals surface area (Å²) in [5, 5.41) is 0.356. The first kappa shape index (κ1) is 22.7. The fourth-order valence-electron chi connectivity index (χ4n) is 9.57. The van der Waals surface area contributed by atoms with Crippen LogP contribution in [0.25, 0.3) is 10.9 Å². The van der Waals surface area contributed by atoms with E-state index in [2.05, 4.69) is 18.8 Å². The minimum absolute atomic E-state index is 0.356. The Hall–Kier alpha value is -1.71. The van der Waals surface area contributed by atoms with Gasteiger partial charge in [-0.25, -0.2) is 14.2 Å². The third kappa shape index (κ3) is 3.57. The van der Waals surface area contributed by atoms with Crippen molar-refractivity contribution in [1.29, 1.82) is 0 Å². The van der Waals surface area contributed by atoms with Gasteiger partial charge in [-0.05, 0) is 117 Å². The van der Waals surface area contributed by atoms with Crippen LogP contribution in [0.4, 0.5) is 4.39 Å². The minimum atomic E-state index is -0.405. The van der Waals surface area contributed by atoms with Gasteiger partial charge in [-0.2, -0.15) is 0 Å². The van der Waals surface area contributed by atoms with Crippen LogP contribution in [-0.2, 0) is 6.42 Å². The number of fused-ring (bicyclic) bond motifs is 6. The molecule has 184 valence electrons. The molecule has 6 rings (SSSR count). The van der Waals surface area contributed by atoms with Gasteiger partial charge >= 0.3 is 5.63 Å². The van der Waals surface area contributed by atoms with Crippen molar-refractivity contribution < 1.29 is 8.81 Å². The number of rotatable bonds is 4. The van der Waals surface area contributed by atoms with Crippen molar-refractivity contribution in [2.75, 3.05) is 0 Å². The molecule has 0 saturated heterocycles. The van der Waals surface area contributed by atoms with Crippen LogP contribution in [0.5, 0.6) is 0 Å². The average molecular weight is 466 g/mol. The smallest absolute Gasteiger partial charge is 0.346 e. The van der Waals surface area contributed by atoms with Gasteiger partial charge in [0.1, 0.15) is 5.82 Å². The van der Waals surface area contributed by atoms with E-state index in [0.29, 0.717) is 34.0 Å². The second-order valence-electron chi connectivity index (χ2n) is 12.7. The highest BCUT2D eigenvalue weighted by molar-refractivity contribution is 5.76. The number of hydrogen-bond acceptors (Lipinski definition) is 3. The number of halogens is 1. The quantitative estimate of drug-likeness (QED) is 0.465. The zero-order valence-corrected chi connectivity index (χ0v) is 21.0. The Morgan fingerprint density at radius 3 is 2.74 bits per heavy atom. The molecule has 1 heterocycles. The number of aryl methyl sites for hydroxylation is 1. The molecule has 7 atom stereocenters. The average Bonchev–Trinajstić information content (AvgIpc) is 3.15. The monoisotopic (exact) mass is 465 g/mol. The van der Waals surface area contributed by atoms with Gasteiger partial charge in [-0.15, -0.1) is 0 Å². The van der Waals surface area contributed by atoms with E-state index in [-0.39, 0.29) is 5.82 Å². The van der Waals surface area contributed by atoms with Gasteiger partial charge in [-0.1, -0.05) is 26.7 Å². The van der Waals surface area contributed by atoms with Gasteiger partial charge < -0.3 is 4.42 Å². The molecular formula is C30H40FNO2. The minimum Gasteiger partial charge on any atom is -0.408 e. The van der Waals surface area contributed by atoms with E-state index in [4.69, 9.17) is 4.42 Å². The fourth-order valence-corrected chi connectivity index (χ4v) is 9.57. The fraction of sp³-hybridized carbons (Fsp3) is 0.733. The van der Waals surface area contributed by atoms with Crippen molar-refractivity contribution in [3.8, 4) is 0 Å². The molecule has 2 aromatic rings. The van der Waals surface area contributed by atoms with Crippen LogP contribution in [0.2, 0.25) is 0 Å². The maximum absolute atomic E-state index is 13.6. The predicted octanol–water partition coefficient (Wildman–Crippen LogP) is 7.70. The molecule has 3 nitrogen and oxygen atoms in total. The summed E-state index contributed by atoms with van der Waals surface area (Å²) < 4.78 is 19.1. The van der Waals surface area contributed by atoms with E-state index in [1.807, 2.05) is 0 Å². The number of hydrogen-bond donors (Lipinski definition) is 0. The molecule has 6 unspecified atom stereocenters. The van der Waals surface area contributed by atoms with Gasteiger partial charge in [0.05, 0.1) is 10.9 Å². The molecule has 4 heteroatoms. The Balaban J connectivity index is 1.13. The van der Waals surface area contributed by atoms with Crippen LogP contribution < -0.4 is 5.63 Å². The van der Waals surface area contributed by atoms with Crippen molar-refractivity contribution in [2.24, 2.45) is 40.4 Å². The highest BCUT2D eigenvalue weighted by Gasteiger charge is 2.59. The zero-order valence-electron chi connectivity index (χ0n) is 21.0. The van der Waals surface area contributed by atoms with E-state index in [9.17, 15) is 9.18 Å². The lowest BCUT2D eigenvalue weighted by Crippen LogP contribution is -2.52. The van der Waals surface area contributed by atoms with Gasteiger partial charge in [0.2, 0.25) is 0 Å². The van der Waals surface area contributed by atoms with Crippen molar-refractivity contribution >= 4 is 10.9 Å². The van der Waals surface area contributed by atoms with Crippen LogP contribution in [0.1, 0.15) is 96.8 Å². The van der Waals surface area contributed by atoms with Gasteiger partial charge in [0.15, 0.2) is 5.89 Å². The Labute approximate surface area is 202 Å². The Morgan fingerprint density at radius 1 is 1.00 bits per heavy atom. The first-order valence-electron chi connectivity index (χ1n) is 14.0. The van der Waals surface area contributed by atoms with Gasteiger partial charge in [0, 0.05) is 12.5 Å². The first-order valence-corrected chi connectivity index (χ1v) is 14.0. The summed E-state index contributed by atoms with van der Waals surface area (Å²) >= 11 is 0. The molecule has 0 spiro atoms. The second kappa shape index (κ2) is 8.45. The van der Waals surface area contributed by atoms with E-state index >= 15 is 0 Å². The zero-order chi connectivity index (χ0) is 23.5. The summed E-state index contributed by atoms with van der Waals surface area (Å²) in [5.74, 6) is 4.64. The summed E-state index contributed by atoms with van der Waals surface area (Å²) in [4.78, 5) is 16.8. The van der Waals surface area contributed by atoms with Crippen LogP contribution in [-0.4, -0.2) is 4.98 Å². The lowest BCUT2D eigenvalue weighted by molar-refractivity contribution is -0.111. The number of benzene rings is 1. The Morgan fingerprint density at radius 2 is 1.85 bits per heavy atom. The molecule has 1 aromatic heterocycles. The lowest BCUT2D eigenvalue weighted by atomic mass is 9.45. The van der Waals surface area contributed by atoms with Crippen molar-refractivity contribution in [3.05, 3.63) is 40.3 Å². The molecule has 4 saturated carbocycles. The maximum atomic E-state index is 13.6. The molecule has 34 heavy (non-hydrogen) atoms. The third-order valence-corrected chi connectivity index (χ3v) is 11.4. The van der Waals surface area contributed by atoms with Crippen LogP contribution in [0.15, 0.2) is 27.4 Å². The Bertz CT molecular complexity index is 1130. The molecule has 4 aliphatic rings. The molecule has 0 radical (unpaired) electrons. The summed E-state index contributed by atoms with van der Waals surface area (Å²) in [6, 6.07) is 4.08. The highest BCUT2D eigenvalue weighted by atomic mass is 19.1. The molecule has 4 fully saturated rings. The van der Waals surface area contributed by atoms with E-state index in [1.54, 1.807) is 0 Å². The molecule has 4 aliphatic carbocycles. The summed E-state index contributed by atoms with van der Waals surface area (Å²) in [6.45, 7) is 5.27. The molecule has 0 aliphatic heterocycles. The maximum Gasteiger partial charge on any atom is 0.346 e. The normalized spacial score (nSPS) is 39.4. The molecule has 1 aromatic carbocycles. The third-order valence-electron chi connectivity index (χ3n) is 11.4. The van der Waals surface area contributed by atoms with Crippen molar-refractivity contribution in [1.82, 2.24) is 4.98 Å². The van der Waals surface area contributed by atoms with Gasteiger partial charge in [0.25, 0.3) is 0 Å². The first-order chi connectivity index (χ1) is 16.4. The number of aromatic nitrogens is 1. The standard InChI is InChI=1S/C30H40FNO2/c1-29-16-4-3-6-19(29)9-12-22-24-14-10-20(30(24,2)17-15-25(22)29)7-5-8-27-32-26-18-21(31)11-13-23(26)28(33)34-27/h11,13,18-20,22,24-25H,3-10,12,14-17H2,1-2H3/t19?,20-,22?,24?,25?,29?,30?/m0/s1. The molecule has 0 amide bonds. The van der Waals surface area contributed by atoms with Crippen LogP contribution in [0.3, 0.4) is 0 Å².